The van der Waals surface area contributed by atoms with Gasteiger partial charge in [-0.1, -0.05) is 164 Å². The Bertz CT molecular complexity index is 3230. The minimum Gasteiger partial charge on any atom is -0.226 e. The van der Waals surface area contributed by atoms with E-state index in [-0.39, 0.29) is 0 Å². The lowest BCUT2D eigenvalue weighted by molar-refractivity contribution is 1.24. The summed E-state index contributed by atoms with van der Waals surface area (Å²) in [5.41, 5.74) is 13.5. The van der Waals surface area contributed by atoms with Gasteiger partial charge in [0.2, 0.25) is 0 Å². The maximum absolute atomic E-state index is 5.43. The van der Waals surface area contributed by atoms with Crippen molar-refractivity contribution in [3.63, 3.8) is 0 Å². The van der Waals surface area contributed by atoms with Crippen LogP contribution in [0, 0.1) is 0 Å². The molecule has 266 valence electrons. The van der Waals surface area contributed by atoms with Crippen LogP contribution in [0.3, 0.4) is 0 Å². The highest BCUT2D eigenvalue weighted by Crippen LogP contribution is 2.43. The molecular weight excluding hydrogens is 709 g/mol. The van der Waals surface area contributed by atoms with Crippen molar-refractivity contribution in [2.75, 3.05) is 0 Å². The topological polar surface area (TPSA) is 25.8 Å². The third kappa shape index (κ3) is 6.06. The molecule has 0 aliphatic carbocycles. The maximum Gasteiger partial charge on any atom is 0.161 e. The van der Waals surface area contributed by atoms with Crippen LogP contribution in [0.1, 0.15) is 0 Å². The van der Waals surface area contributed by atoms with Crippen molar-refractivity contribution in [3.05, 3.63) is 206 Å². The number of hydrogen-bond donors (Lipinski definition) is 0. The van der Waals surface area contributed by atoms with Crippen LogP contribution in [0.25, 0.3) is 109 Å². The quantitative estimate of drug-likeness (QED) is 0.170. The molecule has 0 aliphatic rings. The molecule has 3 heteroatoms. The minimum absolute atomic E-state index is 0.738. The summed E-state index contributed by atoms with van der Waals surface area (Å²) < 4.78 is 2.31. The molecule has 0 saturated heterocycles. The zero-order valence-corrected chi connectivity index (χ0v) is 31.7. The van der Waals surface area contributed by atoms with Crippen molar-refractivity contribution in [3.8, 4) is 67.2 Å². The third-order valence-corrected chi connectivity index (χ3v) is 12.2. The number of thiophene rings is 1. The highest BCUT2D eigenvalue weighted by atomic mass is 32.1. The van der Waals surface area contributed by atoms with E-state index in [4.69, 9.17) is 9.97 Å². The van der Waals surface area contributed by atoms with Gasteiger partial charge < -0.3 is 0 Å². The fourth-order valence-corrected chi connectivity index (χ4v) is 9.36. The standard InChI is InChI=1S/C54H34N2S/c1-3-14-35(15-4-1)44-30-45(36-16-5-2-6-17-36)32-46(31-44)40-24-11-22-38(28-40)39-23-12-25-43(29-39)51-53-52(49-33-41-19-7-8-20-42(41)34-50(49)57-53)56-54(55-51)48-27-13-21-37-18-9-10-26-47(37)48/h1-34H. The van der Waals surface area contributed by atoms with Crippen LogP contribution in [0.4, 0.5) is 0 Å². The Labute approximate surface area is 335 Å². The van der Waals surface area contributed by atoms with Gasteiger partial charge in [0, 0.05) is 21.2 Å². The second kappa shape index (κ2) is 13.8. The van der Waals surface area contributed by atoms with Gasteiger partial charge in [-0.2, -0.15) is 0 Å². The second-order valence-electron chi connectivity index (χ2n) is 14.6. The molecule has 0 saturated carbocycles. The Morgan fingerprint density at radius 1 is 0.316 bits per heavy atom. The Hall–Kier alpha value is -7.20. The molecule has 0 N–H and O–H groups in total. The maximum atomic E-state index is 5.43. The zero-order chi connectivity index (χ0) is 37.7. The SMILES string of the molecule is c1ccc(-c2cc(-c3ccccc3)cc(-c3cccc(-c4cccc(-c5nc(-c6cccc7ccccc67)nc6c5sc5cc7ccccc7cc56)c4)c3)c2)cc1. The Morgan fingerprint density at radius 3 is 1.47 bits per heavy atom. The monoisotopic (exact) mass is 742 g/mol. The van der Waals surface area contributed by atoms with Gasteiger partial charge in [0.05, 0.1) is 15.9 Å². The van der Waals surface area contributed by atoms with E-state index in [2.05, 4.69) is 206 Å². The van der Waals surface area contributed by atoms with Crippen LogP contribution in [-0.2, 0) is 0 Å². The summed E-state index contributed by atoms with van der Waals surface area (Å²) in [5, 5.41) is 5.92. The number of fused-ring (bicyclic) bond motifs is 5. The molecule has 0 radical (unpaired) electrons. The molecule has 0 bridgehead atoms. The van der Waals surface area contributed by atoms with Gasteiger partial charge in [-0.05, 0) is 109 Å². The highest BCUT2D eigenvalue weighted by Gasteiger charge is 2.19. The van der Waals surface area contributed by atoms with Gasteiger partial charge in [-0.15, -0.1) is 11.3 Å². The van der Waals surface area contributed by atoms with Crippen molar-refractivity contribution in [1.29, 1.82) is 0 Å². The first-order valence-corrected chi connectivity index (χ1v) is 20.1. The van der Waals surface area contributed by atoms with Crippen LogP contribution in [0.15, 0.2) is 206 Å². The van der Waals surface area contributed by atoms with Crippen molar-refractivity contribution in [2.24, 2.45) is 0 Å². The Kier molecular flexibility index (Phi) is 8.04. The first kappa shape index (κ1) is 33.2. The number of rotatable bonds is 6. The van der Waals surface area contributed by atoms with Crippen LogP contribution in [0.2, 0.25) is 0 Å². The summed E-state index contributed by atoms with van der Waals surface area (Å²) in [4.78, 5) is 10.8. The fraction of sp³-hybridized carbons (Fsp3) is 0. The molecular formula is C54H34N2S. The lowest BCUT2D eigenvalue weighted by Crippen LogP contribution is -1.94. The third-order valence-electron chi connectivity index (χ3n) is 11.0. The molecule has 2 heterocycles. The summed E-state index contributed by atoms with van der Waals surface area (Å²) >= 11 is 1.78. The highest BCUT2D eigenvalue weighted by molar-refractivity contribution is 7.26. The first-order chi connectivity index (χ1) is 28.2. The van der Waals surface area contributed by atoms with Crippen molar-refractivity contribution < 1.29 is 0 Å². The van der Waals surface area contributed by atoms with E-state index in [0.717, 1.165) is 54.8 Å². The molecule has 0 fully saturated rings. The Balaban J connectivity index is 1.07. The average molecular weight is 743 g/mol. The number of aromatic nitrogens is 2. The molecule has 0 spiro atoms. The lowest BCUT2D eigenvalue weighted by atomic mass is 9.92. The average Bonchev–Trinajstić information content (AvgIpc) is 3.65. The van der Waals surface area contributed by atoms with Gasteiger partial charge in [0.1, 0.15) is 0 Å². The molecule has 2 nitrogen and oxygen atoms in total. The number of hydrogen-bond acceptors (Lipinski definition) is 3. The van der Waals surface area contributed by atoms with Crippen molar-refractivity contribution in [1.82, 2.24) is 9.97 Å². The first-order valence-electron chi connectivity index (χ1n) is 19.3. The van der Waals surface area contributed by atoms with Gasteiger partial charge in [-0.3, -0.25) is 0 Å². The molecule has 2 aromatic heterocycles. The van der Waals surface area contributed by atoms with Crippen molar-refractivity contribution in [2.45, 2.75) is 0 Å². The fourth-order valence-electron chi connectivity index (χ4n) is 8.18. The molecule has 0 atom stereocenters. The van der Waals surface area contributed by atoms with Crippen LogP contribution in [-0.4, -0.2) is 9.97 Å². The van der Waals surface area contributed by atoms with Gasteiger partial charge in [0.25, 0.3) is 0 Å². The summed E-state index contributed by atoms with van der Waals surface area (Å²) in [7, 11) is 0. The predicted octanol–water partition coefficient (Wildman–Crippen LogP) is 15.2. The van der Waals surface area contributed by atoms with Crippen LogP contribution < -0.4 is 0 Å². The van der Waals surface area contributed by atoms with E-state index in [1.807, 2.05) is 0 Å². The summed E-state index contributed by atoms with van der Waals surface area (Å²) in [6.45, 7) is 0. The second-order valence-corrected chi connectivity index (χ2v) is 15.6. The molecule has 57 heavy (non-hydrogen) atoms. The number of nitrogens with zero attached hydrogens (tertiary/aromatic N) is 2. The lowest BCUT2D eigenvalue weighted by Gasteiger charge is -2.13. The molecule has 9 aromatic carbocycles. The van der Waals surface area contributed by atoms with Gasteiger partial charge in [0.15, 0.2) is 5.82 Å². The van der Waals surface area contributed by atoms with E-state index >= 15 is 0 Å². The van der Waals surface area contributed by atoms with Crippen LogP contribution in [0.5, 0.6) is 0 Å². The van der Waals surface area contributed by atoms with Gasteiger partial charge >= 0.3 is 0 Å². The van der Waals surface area contributed by atoms with E-state index in [0.29, 0.717) is 0 Å². The predicted molar refractivity (Wildman–Crippen MR) is 243 cm³/mol. The Morgan fingerprint density at radius 2 is 0.789 bits per heavy atom. The molecule has 11 rings (SSSR count). The smallest absolute Gasteiger partial charge is 0.161 e. The molecule has 0 amide bonds. The summed E-state index contributed by atoms with van der Waals surface area (Å²) in [5.74, 6) is 0.738. The normalized spacial score (nSPS) is 11.5. The number of benzene rings is 9. The largest absolute Gasteiger partial charge is 0.226 e. The van der Waals surface area contributed by atoms with Gasteiger partial charge in [-0.25, -0.2) is 9.97 Å². The molecule has 0 aliphatic heterocycles. The minimum atomic E-state index is 0.738. The van der Waals surface area contributed by atoms with Crippen LogP contribution >= 0.6 is 11.3 Å². The summed E-state index contributed by atoms with van der Waals surface area (Å²) in [6, 6.07) is 74.1. The van der Waals surface area contributed by atoms with E-state index in [1.54, 1.807) is 11.3 Å². The van der Waals surface area contributed by atoms with E-state index in [9.17, 15) is 0 Å². The zero-order valence-electron chi connectivity index (χ0n) is 30.9. The van der Waals surface area contributed by atoms with Crippen molar-refractivity contribution >= 4 is 53.2 Å². The molecule has 0 unspecified atom stereocenters. The van der Waals surface area contributed by atoms with E-state index in [1.165, 1.54) is 54.2 Å². The summed E-state index contributed by atoms with van der Waals surface area (Å²) in [6.07, 6.45) is 0. The molecule has 11 aromatic rings. The van der Waals surface area contributed by atoms with E-state index < -0.39 is 0 Å².